The highest BCUT2D eigenvalue weighted by Crippen LogP contribution is 2.39. The Hall–Kier alpha value is -2.53. The number of nitrogens with one attached hydrogen (secondary N) is 2. The number of carbonyl (C=O) groups excluding carboxylic acids is 2. The third kappa shape index (κ3) is 32.8. The van der Waals surface area contributed by atoms with Crippen LogP contribution in [0.3, 0.4) is 0 Å². The third-order valence-corrected chi connectivity index (χ3v) is 18.7. The van der Waals surface area contributed by atoms with E-state index in [0.717, 1.165) is 51.9 Å². The fourth-order valence-electron chi connectivity index (χ4n) is 12.9. The highest BCUT2D eigenvalue weighted by Gasteiger charge is 2.60. The Morgan fingerprint density at radius 2 is 1.00 bits per heavy atom. The second-order valence-corrected chi connectivity index (χ2v) is 26.8. The van der Waals surface area contributed by atoms with Crippen molar-refractivity contribution in [2.75, 3.05) is 26.4 Å². The molecule has 18 unspecified atom stereocenters. The van der Waals surface area contributed by atoms with Crippen molar-refractivity contribution in [1.29, 1.82) is 0 Å². The van der Waals surface area contributed by atoms with Gasteiger partial charge in [-0.15, -0.1) is 0 Å². The number of ether oxygens (including phenoxy) is 6. The molecule has 3 aliphatic rings. The first kappa shape index (κ1) is 84.7. The van der Waals surface area contributed by atoms with Gasteiger partial charge in [-0.1, -0.05) is 251 Å². The van der Waals surface area contributed by atoms with Crippen molar-refractivity contribution in [1.82, 2.24) is 10.6 Å². The fourth-order valence-corrected chi connectivity index (χ4v) is 12.9. The van der Waals surface area contributed by atoms with E-state index >= 15 is 0 Å². The molecule has 3 fully saturated rings. The smallest absolute Gasteiger partial charge is 0.364 e. The van der Waals surface area contributed by atoms with Gasteiger partial charge >= 0.3 is 5.97 Å². The monoisotopic (exact) mass is 1330 g/mol. The number of hydrogen-bond acceptors (Lipinski definition) is 20. The van der Waals surface area contributed by atoms with Crippen LogP contribution in [0.15, 0.2) is 12.2 Å². The average Bonchev–Trinajstić information content (AvgIpc) is 0.793. The van der Waals surface area contributed by atoms with Gasteiger partial charge in [-0.3, -0.25) is 9.59 Å². The Labute approximate surface area is 556 Å². The van der Waals surface area contributed by atoms with E-state index in [1.165, 1.54) is 186 Å². The normalized spacial score (nSPS) is 28.1. The molecule has 14 N–H and O–H groups in total. The van der Waals surface area contributed by atoms with Crippen LogP contribution >= 0.6 is 0 Å². The predicted molar refractivity (Wildman–Crippen MR) is 352 cm³/mol. The van der Waals surface area contributed by atoms with Gasteiger partial charge in [0.25, 0.3) is 5.79 Å². The molecule has 0 spiro atoms. The van der Waals surface area contributed by atoms with E-state index in [2.05, 4.69) is 24.5 Å². The van der Waals surface area contributed by atoms with Crippen LogP contribution in [0.4, 0.5) is 0 Å². The van der Waals surface area contributed by atoms with E-state index in [4.69, 9.17) is 28.4 Å². The van der Waals surface area contributed by atoms with Crippen molar-refractivity contribution in [3.05, 3.63) is 12.2 Å². The lowest BCUT2D eigenvalue weighted by Crippen LogP contribution is -2.70. The van der Waals surface area contributed by atoms with Crippen LogP contribution in [-0.2, 0) is 42.8 Å². The van der Waals surface area contributed by atoms with Crippen LogP contribution in [-0.4, -0.2) is 215 Å². The molecular formula is C70H130N2O21. The molecule has 3 rings (SSSR count). The predicted octanol–water partition coefficient (Wildman–Crippen LogP) is 7.46. The maximum atomic E-state index is 13.5. The van der Waals surface area contributed by atoms with E-state index in [1.54, 1.807) is 6.08 Å². The minimum atomic E-state index is -3.08. The van der Waals surface area contributed by atoms with E-state index < -0.39 is 155 Å². The summed E-state index contributed by atoms with van der Waals surface area (Å²) in [7, 11) is 0. The lowest BCUT2D eigenvalue weighted by atomic mass is 9.88. The first-order chi connectivity index (χ1) is 44.9. The number of amides is 2. The number of hydrogen-bond donors (Lipinski definition) is 14. The number of rotatable bonds is 56. The average molecular weight is 1340 g/mol. The minimum absolute atomic E-state index is 0.205. The molecule has 23 nitrogen and oxygen atoms in total. The van der Waals surface area contributed by atoms with Gasteiger partial charge in [0.2, 0.25) is 11.8 Å². The van der Waals surface area contributed by atoms with Gasteiger partial charge in [-0.05, 0) is 19.3 Å². The van der Waals surface area contributed by atoms with Crippen LogP contribution in [0.25, 0.3) is 0 Å². The molecule has 0 aromatic carbocycles. The number of aliphatic carboxylic acids is 1. The van der Waals surface area contributed by atoms with Crippen LogP contribution < -0.4 is 10.6 Å². The molecule has 0 aromatic heterocycles. The van der Waals surface area contributed by atoms with Gasteiger partial charge in [0.05, 0.1) is 50.7 Å². The lowest BCUT2D eigenvalue weighted by Gasteiger charge is -2.50. The number of unbranched alkanes of at least 4 members (excludes halogenated alkanes) is 36. The summed E-state index contributed by atoms with van der Waals surface area (Å²) in [6, 6.07) is -2.61. The summed E-state index contributed by atoms with van der Waals surface area (Å²) in [6.45, 7) is 2.17. The van der Waals surface area contributed by atoms with Gasteiger partial charge in [0.15, 0.2) is 12.6 Å². The number of aliphatic hydroxyl groups is 11. The Bertz CT molecular complexity index is 1930. The fraction of sp³-hybridized carbons (Fsp3) is 0.929. The zero-order valence-corrected chi connectivity index (χ0v) is 57.1. The molecule has 18 atom stereocenters. The van der Waals surface area contributed by atoms with Crippen LogP contribution in [0, 0.1) is 0 Å². The van der Waals surface area contributed by atoms with Crippen molar-refractivity contribution < 1.29 is 104 Å². The summed E-state index contributed by atoms with van der Waals surface area (Å²) >= 11 is 0. The molecule has 3 aliphatic heterocycles. The molecule has 546 valence electrons. The number of carbonyl (C=O) groups is 3. The van der Waals surface area contributed by atoms with Gasteiger partial charge in [-0.25, -0.2) is 4.79 Å². The number of carboxylic acids is 1. The Morgan fingerprint density at radius 3 is 1.43 bits per heavy atom. The molecule has 3 saturated heterocycles. The lowest BCUT2D eigenvalue weighted by molar-refractivity contribution is -0.386. The van der Waals surface area contributed by atoms with Crippen molar-refractivity contribution in [3.8, 4) is 0 Å². The van der Waals surface area contributed by atoms with E-state index in [-0.39, 0.29) is 12.3 Å². The molecule has 0 radical (unpaired) electrons. The second kappa shape index (κ2) is 50.7. The maximum absolute atomic E-state index is 13.5. The van der Waals surface area contributed by atoms with Crippen LogP contribution in [0.2, 0.25) is 0 Å². The number of carboxylic acid groups (broad SMARTS) is 1. The largest absolute Gasteiger partial charge is 0.477 e. The highest BCUT2D eigenvalue weighted by molar-refractivity contribution is 5.77. The maximum Gasteiger partial charge on any atom is 0.364 e. The first-order valence-corrected chi connectivity index (χ1v) is 36.6. The standard InChI is InChI=1S/C70H130N2O21/c1-4-6-8-10-12-14-16-18-20-22-24-25-26-28-30-32-34-36-38-40-42-44-57(80)72-51(52(77)43-41-39-37-35-33-31-29-27-23-21-19-17-15-13-11-9-7-5-2)49-88-67-62(84)61(83)64(56(48-75)90-67)91-68-63(85)66(60(82)55(47-74)89-68)93-70(69(86)87)45-53(78)58(71-50(3)76)65(92-70)59(81)54(79)46-73/h41,43,51-56,58-68,73-75,77-79,81-85H,4-40,42,44-49H2,1-3H3,(H,71,76)(H,72,80)(H,86,87)/b43-41+. The minimum Gasteiger partial charge on any atom is -0.477 e. The summed E-state index contributed by atoms with van der Waals surface area (Å²) in [6.07, 6.45) is 21.0. The van der Waals surface area contributed by atoms with E-state index in [0.29, 0.717) is 12.8 Å². The Morgan fingerprint density at radius 1 is 0.559 bits per heavy atom. The summed E-state index contributed by atoms with van der Waals surface area (Å²) in [5.74, 6) is -6.13. The van der Waals surface area contributed by atoms with E-state index in [1.807, 2.05) is 6.08 Å². The molecular weight excluding hydrogens is 1200 g/mol. The van der Waals surface area contributed by atoms with Crippen molar-refractivity contribution >= 4 is 17.8 Å². The Kier molecular flexibility index (Phi) is 46.2. The zero-order chi connectivity index (χ0) is 68.2. The topological polar surface area (TPSA) is 373 Å². The molecule has 0 saturated carbocycles. The highest BCUT2D eigenvalue weighted by atomic mass is 16.8. The quantitative estimate of drug-likeness (QED) is 0.0207. The second-order valence-electron chi connectivity index (χ2n) is 26.8. The first-order valence-electron chi connectivity index (χ1n) is 36.6. The van der Waals surface area contributed by atoms with Crippen molar-refractivity contribution in [2.45, 2.75) is 387 Å². The summed E-state index contributed by atoms with van der Waals surface area (Å²) in [4.78, 5) is 38.6. The van der Waals surface area contributed by atoms with Gasteiger partial charge in [-0.2, -0.15) is 0 Å². The molecule has 2 amide bonds. The third-order valence-electron chi connectivity index (χ3n) is 18.7. The summed E-state index contributed by atoms with van der Waals surface area (Å²) < 4.78 is 34.8. The number of allylic oxidation sites excluding steroid dienone is 1. The van der Waals surface area contributed by atoms with Gasteiger partial charge in [0.1, 0.15) is 67.1 Å². The van der Waals surface area contributed by atoms with Gasteiger partial charge in [0, 0.05) is 19.8 Å². The van der Waals surface area contributed by atoms with Gasteiger partial charge < -0.3 is 100 Å². The zero-order valence-electron chi connectivity index (χ0n) is 57.1. The van der Waals surface area contributed by atoms with E-state index in [9.17, 15) is 75.7 Å². The summed E-state index contributed by atoms with van der Waals surface area (Å²) in [5, 5.41) is 136. The molecule has 0 aliphatic carbocycles. The van der Waals surface area contributed by atoms with Crippen molar-refractivity contribution in [3.63, 3.8) is 0 Å². The van der Waals surface area contributed by atoms with Crippen molar-refractivity contribution in [2.24, 2.45) is 0 Å². The Balaban J connectivity index is 1.58. The summed E-state index contributed by atoms with van der Waals surface area (Å²) in [5.41, 5.74) is 0. The molecule has 93 heavy (non-hydrogen) atoms. The molecule has 0 bridgehead atoms. The SMILES string of the molecule is CCCCCCCCCCCCCCCCCC/C=C/C(O)C(COC1OC(CO)C(OC2OC(CO)C(O)C(OC3(C(=O)O)CC(O)C(NC(C)=O)C(C(O)C(O)CO)O3)C2O)C(O)C1O)NC(=O)CCCCCCCCCCCCCCCCCCCCCCC. The van der Waals surface area contributed by atoms with Crippen LogP contribution in [0.5, 0.6) is 0 Å². The van der Waals surface area contributed by atoms with Crippen LogP contribution in [0.1, 0.15) is 278 Å². The molecule has 23 heteroatoms. The molecule has 3 heterocycles. The number of aliphatic hydroxyl groups excluding tert-OH is 11. The molecule has 0 aromatic rings.